The second-order valence-corrected chi connectivity index (χ2v) is 7.89. The number of hydrogen-bond acceptors (Lipinski definition) is 4. The van der Waals surface area contributed by atoms with Gasteiger partial charge in [-0.25, -0.2) is 0 Å². The summed E-state index contributed by atoms with van der Waals surface area (Å²) in [4.78, 5) is 30.3. The first-order valence-electron chi connectivity index (χ1n) is 10.1. The van der Waals surface area contributed by atoms with Gasteiger partial charge in [0.2, 0.25) is 11.8 Å². The predicted octanol–water partition coefficient (Wildman–Crippen LogP) is 1.31. The molecule has 148 valence electrons. The van der Waals surface area contributed by atoms with Crippen molar-refractivity contribution in [2.45, 2.75) is 32.2 Å². The van der Waals surface area contributed by atoms with Gasteiger partial charge in [0.1, 0.15) is 0 Å². The molecule has 2 aliphatic heterocycles. The fraction of sp³-hybridized carbons (Fsp3) is 0.619. The zero-order chi connectivity index (χ0) is 19.1. The number of likely N-dealkylation sites (tertiary alicyclic amines) is 1. The van der Waals surface area contributed by atoms with E-state index in [1.807, 2.05) is 11.0 Å². The minimum atomic E-state index is -0.264. The molecule has 6 nitrogen and oxygen atoms in total. The Kier molecular flexibility index (Phi) is 7.24. The number of amides is 2. The van der Waals surface area contributed by atoms with Crippen molar-refractivity contribution in [1.29, 1.82) is 0 Å². The molecule has 0 aliphatic carbocycles. The van der Waals surface area contributed by atoms with Crippen LogP contribution in [0.1, 0.15) is 31.2 Å². The number of nitrogens with zero attached hydrogens (tertiary/aromatic N) is 3. The molecule has 3 rings (SSSR count). The van der Waals surface area contributed by atoms with Gasteiger partial charge in [-0.1, -0.05) is 30.3 Å². The van der Waals surface area contributed by atoms with Crippen molar-refractivity contribution >= 4 is 11.8 Å². The van der Waals surface area contributed by atoms with Crippen molar-refractivity contribution < 1.29 is 9.59 Å². The van der Waals surface area contributed by atoms with Crippen molar-refractivity contribution in [3.63, 3.8) is 0 Å². The largest absolute Gasteiger partial charge is 0.369 e. The molecule has 0 saturated carbocycles. The average molecular weight is 373 g/mol. The Morgan fingerprint density at radius 1 is 1.00 bits per heavy atom. The average Bonchev–Trinajstić information content (AvgIpc) is 2.67. The maximum Gasteiger partial charge on any atom is 0.231 e. The van der Waals surface area contributed by atoms with Gasteiger partial charge >= 0.3 is 0 Å². The number of piperidine rings is 1. The second kappa shape index (κ2) is 9.85. The van der Waals surface area contributed by atoms with Crippen molar-refractivity contribution in [2.75, 3.05) is 45.8 Å². The lowest BCUT2D eigenvalue weighted by Gasteiger charge is -2.35. The lowest BCUT2D eigenvalue weighted by atomic mass is 9.93. The molecule has 27 heavy (non-hydrogen) atoms. The Morgan fingerprint density at radius 3 is 2.44 bits per heavy atom. The third kappa shape index (κ3) is 6.33. The van der Waals surface area contributed by atoms with Crippen LogP contribution in [0.25, 0.3) is 0 Å². The van der Waals surface area contributed by atoms with Crippen LogP contribution in [0.15, 0.2) is 30.3 Å². The first kappa shape index (κ1) is 19.8. The number of carbonyl (C=O) groups excluding carboxylic acids is 2. The van der Waals surface area contributed by atoms with Gasteiger partial charge in [-0.15, -0.1) is 0 Å². The molecule has 0 spiro atoms. The third-order valence-corrected chi connectivity index (χ3v) is 5.72. The van der Waals surface area contributed by atoms with Crippen LogP contribution in [0.3, 0.4) is 0 Å². The van der Waals surface area contributed by atoms with Gasteiger partial charge in [-0.05, 0) is 37.3 Å². The van der Waals surface area contributed by atoms with E-state index in [0.717, 1.165) is 65.1 Å². The second-order valence-electron chi connectivity index (χ2n) is 7.89. The van der Waals surface area contributed by atoms with Crippen LogP contribution >= 0.6 is 0 Å². The van der Waals surface area contributed by atoms with Gasteiger partial charge in [0.15, 0.2) is 0 Å². The fourth-order valence-electron chi connectivity index (χ4n) is 4.23. The highest BCUT2D eigenvalue weighted by Crippen LogP contribution is 2.21. The predicted molar refractivity (Wildman–Crippen MR) is 106 cm³/mol. The minimum Gasteiger partial charge on any atom is -0.369 e. The summed E-state index contributed by atoms with van der Waals surface area (Å²) >= 11 is 0. The number of piperazine rings is 1. The van der Waals surface area contributed by atoms with Gasteiger partial charge in [-0.3, -0.25) is 19.4 Å². The molecule has 1 aromatic carbocycles. The third-order valence-electron chi connectivity index (χ3n) is 5.72. The van der Waals surface area contributed by atoms with Crippen molar-refractivity contribution in [3.05, 3.63) is 35.9 Å². The van der Waals surface area contributed by atoms with Gasteiger partial charge in [0, 0.05) is 45.7 Å². The van der Waals surface area contributed by atoms with Gasteiger partial charge < -0.3 is 10.6 Å². The molecule has 6 heteroatoms. The topological polar surface area (TPSA) is 69.9 Å². The van der Waals surface area contributed by atoms with E-state index in [4.69, 9.17) is 5.73 Å². The lowest BCUT2D eigenvalue weighted by Crippen LogP contribution is -2.48. The Morgan fingerprint density at radius 2 is 1.74 bits per heavy atom. The van der Waals surface area contributed by atoms with E-state index in [9.17, 15) is 9.59 Å². The summed E-state index contributed by atoms with van der Waals surface area (Å²) in [6.45, 7) is 6.66. The first-order valence-corrected chi connectivity index (χ1v) is 10.1. The molecule has 2 fully saturated rings. The zero-order valence-electron chi connectivity index (χ0n) is 16.2. The summed E-state index contributed by atoms with van der Waals surface area (Å²) in [7, 11) is 0. The summed E-state index contributed by atoms with van der Waals surface area (Å²) in [6.07, 6.45) is 3.77. The number of primary amides is 1. The van der Waals surface area contributed by atoms with Crippen LogP contribution in [0.5, 0.6) is 0 Å². The highest BCUT2D eigenvalue weighted by molar-refractivity contribution is 5.76. The molecule has 1 aromatic rings. The quantitative estimate of drug-likeness (QED) is 0.783. The van der Waals surface area contributed by atoms with Crippen LogP contribution in [0.2, 0.25) is 0 Å². The molecule has 0 aromatic heterocycles. The standard InChI is InChI=1S/C21H32N4O2/c22-20(26)17-24-10-4-7-19(16-24)8-9-21(27)25-13-11-23(12-14-25)15-18-5-2-1-3-6-18/h1-3,5-6,19H,4,7-17H2,(H2,22,26)/t19-/m0/s1. The van der Waals surface area contributed by atoms with E-state index in [-0.39, 0.29) is 11.8 Å². The van der Waals surface area contributed by atoms with E-state index in [1.54, 1.807) is 0 Å². The van der Waals surface area contributed by atoms with Crippen LogP contribution in [-0.4, -0.2) is 72.3 Å². The number of rotatable bonds is 7. The Balaban J connectivity index is 1.36. The lowest BCUT2D eigenvalue weighted by molar-refractivity contribution is -0.133. The van der Waals surface area contributed by atoms with Crippen LogP contribution in [0, 0.1) is 5.92 Å². The molecule has 1 atom stereocenters. The Labute approximate surface area is 162 Å². The van der Waals surface area contributed by atoms with Crippen LogP contribution < -0.4 is 5.73 Å². The van der Waals surface area contributed by atoms with E-state index in [2.05, 4.69) is 34.1 Å². The van der Waals surface area contributed by atoms with E-state index < -0.39 is 0 Å². The number of carbonyl (C=O) groups is 2. The monoisotopic (exact) mass is 372 g/mol. The van der Waals surface area contributed by atoms with E-state index >= 15 is 0 Å². The highest BCUT2D eigenvalue weighted by Gasteiger charge is 2.24. The molecule has 2 N–H and O–H groups in total. The first-order chi connectivity index (χ1) is 13.1. The maximum absolute atomic E-state index is 12.6. The van der Waals surface area contributed by atoms with E-state index in [1.165, 1.54) is 5.56 Å². The van der Waals surface area contributed by atoms with Gasteiger partial charge in [0.05, 0.1) is 6.54 Å². The summed E-state index contributed by atoms with van der Waals surface area (Å²) in [5.41, 5.74) is 6.63. The summed E-state index contributed by atoms with van der Waals surface area (Å²) in [6, 6.07) is 10.5. The molecule has 2 aliphatic rings. The normalized spacial score (nSPS) is 21.9. The molecule has 2 saturated heterocycles. The summed E-state index contributed by atoms with van der Waals surface area (Å²) in [5, 5.41) is 0. The molecule has 2 amide bonds. The van der Waals surface area contributed by atoms with Gasteiger partial charge in [-0.2, -0.15) is 0 Å². The van der Waals surface area contributed by atoms with Crippen molar-refractivity contribution in [3.8, 4) is 0 Å². The van der Waals surface area contributed by atoms with E-state index in [0.29, 0.717) is 18.9 Å². The highest BCUT2D eigenvalue weighted by atomic mass is 16.2. The maximum atomic E-state index is 12.6. The smallest absolute Gasteiger partial charge is 0.231 e. The number of benzene rings is 1. The Hall–Kier alpha value is -1.92. The SMILES string of the molecule is NC(=O)CN1CCC[C@@H](CCC(=O)N2CCN(Cc3ccccc3)CC2)C1. The molecule has 0 bridgehead atoms. The zero-order valence-corrected chi connectivity index (χ0v) is 16.2. The van der Waals surface area contributed by atoms with Crippen LogP contribution in [0.4, 0.5) is 0 Å². The summed E-state index contributed by atoms with van der Waals surface area (Å²) in [5.74, 6) is 0.517. The Bertz CT molecular complexity index is 614. The number of nitrogens with two attached hydrogens (primary N) is 1. The van der Waals surface area contributed by atoms with Crippen LogP contribution in [-0.2, 0) is 16.1 Å². The molecular weight excluding hydrogens is 340 g/mol. The molecular formula is C21H32N4O2. The summed E-state index contributed by atoms with van der Waals surface area (Å²) < 4.78 is 0. The molecule has 2 heterocycles. The number of hydrogen-bond donors (Lipinski definition) is 1. The molecule has 0 radical (unpaired) electrons. The fourth-order valence-corrected chi connectivity index (χ4v) is 4.23. The molecule has 0 unspecified atom stereocenters. The van der Waals surface area contributed by atoms with Gasteiger partial charge in [0.25, 0.3) is 0 Å². The van der Waals surface area contributed by atoms with Crippen molar-refractivity contribution in [1.82, 2.24) is 14.7 Å². The minimum absolute atomic E-state index is 0.264. The van der Waals surface area contributed by atoms with Crippen molar-refractivity contribution in [2.24, 2.45) is 11.7 Å².